The summed E-state index contributed by atoms with van der Waals surface area (Å²) in [5.74, 6) is -0.585. The summed E-state index contributed by atoms with van der Waals surface area (Å²) in [6.45, 7) is 0. The van der Waals surface area contributed by atoms with Crippen molar-refractivity contribution in [3.63, 3.8) is 0 Å². The number of nitrogens with zero attached hydrogens (tertiary/aromatic N) is 1. The molecule has 2 aromatic rings. The number of aromatic amines is 1. The molecule has 2 N–H and O–H groups in total. The molecule has 0 bridgehead atoms. The van der Waals surface area contributed by atoms with Gasteiger partial charge in [0.15, 0.2) is 0 Å². The highest BCUT2D eigenvalue weighted by Gasteiger charge is 2.23. The normalized spacial score (nSPS) is 16.0. The van der Waals surface area contributed by atoms with Crippen LogP contribution in [0.25, 0.3) is 17.0 Å². The lowest BCUT2D eigenvalue weighted by Crippen LogP contribution is -2.13. The first-order valence-electron chi connectivity index (χ1n) is 6.91. The van der Waals surface area contributed by atoms with Gasteiger partial charge in [-0.15, -0.1) is 0 Å². The maximum atomic E-state index is 11.9. The van der Waals surface area contributed by atoms with Crippen LogP contribution in [0.15, 0.2) is 41.1 Å². The lowest BCUT2D eigenvalue weighted by Gasteiger charge is -2.01. The highest BCUT2D eigenvalue weighted by atomic mass is 16.5. The van der Waals surface area contributed by atoms with Gasteiger partial charge in [0.05, 0.1) is 24.8 Å². The summed E-state index contributed by atoms with van der Waals surface area (Å²) >= 11 is 0. The zero-order valence-electron chi connectivity index (χ0n) is 12.1. The number of carbonyl (C=O) groups is 2. The minimum absolute atomic E-state index is 0.190. The Kier molecular flexibility index (Phi) is 3.74. The van der Waals surface area contributed by atoms with Crippen LogP contribution in [0.1, 0.15) is 18.4 Å². The van der Waals surface area contributed by atoms with Crippen molar-refractivity contribution < 1.29 is 14.3 Å². The molecule has 1 amide bonds. The summed E-state index contributed by atoms with van der Waals surface area (Å²) in [5.41, 5.74) is 5.40. The van der Waals surface area contributed by atoms with Crippen molar-refractivity contribution in [1.29, 1.82) is 0 Å². The van der Waals surface area contributed by atoms with Gasteiger partial charge < -0.3 is 9.72 Å². The lowest BCUT2D eigenvalue weighted by molar-refractivity contribution is -0.140. The summed E-state index contributed by atoms with van der Waals surface area (Å²) in [4.78, 5) is 26.3. The number of hydrogen-bond donors (Lipinski definition) is 2. The maximum Gasteiger partial charge on any atom is 0.305 e. The highest BCUT2D eigenvalue weighted by Crippen LogP contribution is 2.22. The van der Waals surface area contributed by atoms with Crippen LogP contribution in [0.3, 0.4) is 0 Å². The summed E-state index contributed by atoms with van der Waals surface area (Å²) in [6.07, 6.45) is 4.19. The van der Waals surface area contributed by atoms with Crippen molar-refractivity contribution in [2.24, 2.45) is 5.10 Å². The quantitative estimate of drug-likeness (QED) is 0.668. The molecular formula is C16H15N3O3. The molecular weight excluding hydrogens is 282 g/mol. The standard InChI is InChI=1S/C16H15N3O3/c1-22-15(20)7-6-14-12(16(21)19-18-14)8-10-9-17-13-5-3-2-4-11(10)13/h2-5,8-9,17H,6-7H2,1H3,(H,19,21). The summed E-state index contributed by atoms with van der Waals surface area (Å²) < 4.78 is 4.61. The fraction of sp³-hybridized carbons (Fsp3) is 0.188. The predicted molar refractivity (Wildman–Crippen MR) is 83.1 cm³/mol. The van der Waals surface area contributed by atoms with E-state index >= 15 is 0 Å². The molecule has 1 aromatic carbocycles. The number of amides is 1. The van der Waals surface area contributed by atoms with Gasteiger partial charge >= 0.3 is 5.97 Å². The Bertz CT molecular complexity index is 802. The fourth-order valence-corrected chi connectivity index (χ4v) is 2.40. The molecule has 0 unspecified atom stereocenters. The van der Waals surface area contributed by atoms with Gasteiger partial charge in [-0.2, -0.15) is 5.10 Å². The van der Waals surface area contributed by atoms with Crippen LogP contribution in [-0.4, -0.2) is 29.7 Å². The summed E-state index contributed by atoms with van der Waals surface area (Å²) in [7, 11) is 1.34. The first kappa shape index (κ1) is 14.1. The first-order chi connectivity index (χ1) is 10.7. The minimum Gasteiger partial charge on any atom is -0.469 e. The van der Waals surface area contributed by atoms with Gasteiger partial charge in [-0.05, 0) is 12.1 Å². The average Bonchev–Trinajstić information content (AvgIpc) is 3.10. The molecule has 0 radical (unpaired) electrons. The van der Waals surface area contributed by atoms with Crippen LogP contribution >= 0.6 is 0 Å². The average molecular weight is 297 g/mol. The Labute approximate surface area is 126 Å². The lowest BCUT2D eigenvalue weighted by atomic mass is 10.0. The van der Waals surface area contributed by atoms with Crippen LogP contribution in [0.5, 0.6) is 0 Å². The second-order valence-corrected chi connectivity index (χ2v) is 4.92. The van der Waals surface area contributed by atoms with Crippen LogP contribution < -0.4 is 5.43 Å². The van der Waals surface area contributed by atoms with Gasteiger partial charge in [0.1, 0.15) is 0 Å². The van der Waals surface area contributed by atoms with Crippen LogP contribution in [0, 0.1) is 0 Å². The molecule has 0 fully saturated rings. The molecule has 2 heterocycles. The number of methoxy groups -OCH3 is 1. The van der Waals surface area contributed by atoms with E-state index in [1.165, 1.54) is 7.11 Å². The smallest absolute Gasteiger partial charge is 0.305 e. The molecule has 0 spiro atoms. The number of carbonyl (C=O) groups excluding carboxylic acids is 2. The molecule has 6 nitrogen and oxygen atoms in total. The third kappa shape index (κ3) is 2.63. The summed E-state index contributed by atoms with van der Waals surface area (Å²) in [6, 6.07) is 7.84. The Hall–Kier alpha value is -2.89. The van der Waals surface area contributed by atoms with E-state index in [9.17, 15) is 9.59 Å². The Balaban J connectivity index is 1.89. The van der Waals surface area contributed by atoms with Crippen molar-refractivity contribution in [3.05, 3.63) is 41.6 Å². The zero-order valence-corrected chi connectivity index (χ0v) is 12.1. The number of benzene rings is 1. The number of ether oxygens (including phenoxy) is 1. The molecule has 0 saturated heterocycles. The fourth-order valence-electron chi connectivity index (χ4n) is 2.40. The molecule has 1 aliphatic rings. The van der Waals surface area contributed by atoms with Gasteiger partial charge in [0.25, 0.3) is 5.91 Å². The van der Waals surface area contributed by atoms with Gasteiger partial charge in [0.2, 0.25) is 0 Å². The van der Waals surface area contributed by atoms with Crippen molar-refractivity contribution >= 4 is 34.6 Å². The van der Waals surface area contributed by atoms with E-state index in [0.29, 0.717) is 17.7 Å². The maximum absolute atomic E-state index is 11.9. The van der Waals surface area contributed by atoms with Gasteiger partial charge in [-0.1, -0.05) is 18.2 Å². The van der Waals surface area contributed by atoms with E-state index in [-0.39, 0.29) is 18.3 Å². The second-order valence-electron chi connectivity index (χ2n) is 4.92. The Morgan fingerprint density at radius 2 is 2.18 bits per heavy atom. The molecule has 0 aliphatic carbocycles. The van der Waals surface area contributed by atoms with Crippen molar-refractivity contribution in [2.45, 2.75) is 12.8 Å². The van der Waals surface area contributed by atoms with Crippen molar-refractivity contribution in [1.82, 2.24) is 10.4 Å². The topological polar surface area (TPSA) is 83.5 Å². The third-order valence-electron chi connectivity index (χ3n) is 3.56. The summed E-state index contributed by atoms with van der Waals surface area (Å²) in [5, 5.41) is 5.03. The number of hydrazone groups is 1. The Morgan fingerprint density at radius 1 is 1.36 bits per heavy atom. The molecule has 112 valence electrons. The van der Waals surface area contributed by atoms with Crippen LogP contribution in [0.2, 0.25) is 0 Å². The third-order valence-corrected chi connectivity index (χ3v) is 3.56. The number of para-hydroxylation sites is 1. The number of aromatic nitrogens is 1. The number of esters is 1. The molecule has 1 aliphatic heterocycles. The van der Waals surface area contributed by atoms with Crippen molar-refractivity contribution in [3.8, 4) is 0 Å². The van der Waals surface area contributed by atoms with E-state index < -0.39 is 0 Å². The number of hydrogen-bond acceptors (Lipinski definition) is 4. The predicted octanol–water partition coefficient (Wildman–Crippen LogP) is 1.99. The molecule has 1 aromatic heterocycles. The molecule has 0 atom stereocenters. The molecule has 3 rings (SSSR count). The highest BCUT2D eigenvalue weighted by molar-refractivity contribution is 6.28. The van der Waals surface area contributed by atoms with E-state index in [0.717, 1.165) is 16.5 Å². The van der Waals surface area contributed by atoms with Crippen molar-refractivity contribution in [2.75, 3.05) is 7.11 Å². The number of rotatable bonds is 4. The molecule has 0 saturated carbocycles. The number of nitrogens with one attached hydrogen (secondary N) is 2. The van der Waals surface area contributed by atoms with Crippen LogP contribution in [-0.2, 0) is 14.3 Å². The minimum atomic E-state index is -0.325. The van der Waals surface area contributed by atoms with E-state index in [1.54, 1.807) is 6.08 Å². The number of H-pyrrole nitrogens is 1. The van der Waals surface area contributed by atoms with Gasteiger partial charge in [-0.25, -0.2) is 5.43 Å². The van der Waals surface area contributed by atoms with Gasteiger partial charge in [0, 0.05) is 29.1 Å². The van der Waals surface area contributed by atoms with Crippen LogP contribution in [0.4, 0.5) is 0 Å². The molecule has 22 heavy (non-hydrogen) atoms. The van der Waals surface area contributed by atoms with E-state index in [1.807, 2.05) is 30.5 Å². The first-order valence-corrected chi connectivity index (χ1v) is 6.91. The SMILES string of the molecule is COC(=O)CCC1=NNC(=O)C1=Cc1c[nH]c2ccccc12. The van der Waals surface area contributed by atoms with E-state index in [4.69, 9.17) is 0 Å². The monoisotopic (exact) mass is 297 g/mol. The Morgan fingerprint density at radius 3 is 3.00 bits per heavy atom. The largest absolute Gasteiger partial charge is 0.469 e. The van der Waals surface area contributed by atoms with Gasteiger partial charge in [-0.3, -0.25) is 9.59 Å². The second kappa shape index (κ2) is 5.85. The number of fused-ring (bicyclic) bond motifs is 1. The van der Waals surface area contributed by atoms with E-state index in [2.05, 4.69) is 20.2 Å². The zero-order chi connectivity index (χ0) is 15.5. The molecule has 6 heteroatoms.